The Morgan fingerprint density at radius 2 is 1.68 bits per heavy atom. The number of nitrogens with one attached hydrogen (secondary N) is 1. The predicted molar refractivity (Wildman–Crippen MR) is 91.8 cm³/mol. The highest BCUT2D eigenvalue weighted by Gasteiger charge is 2.16. The molecule has 0 fully saturated rings. The van der Waals surface area contributed by atoms with Gasteiger partial charge in [-0.2, -0.15) is 0 Å². The summed E-state index contributed by atoms with van der Waals surface area (Å²) in [6, 6.07) is 9.86. The van der Waals surface area contributed by atoms with Crippen LogP contribution in [0.15, 0.2) is 36.4 Å². The zero-order valence-corrected chi connectivity index (χ0v) is 14.4. The zero-order chi connectivity index (χ0) is 18.6. The minimum Gasteiger partial charge on any atom is -0.322 e. The predicted octanol–water partition coefficient (Wildman–Crippen LogP) is 4.30. The average molecular weight is 350 g/mol. The van der Waals surface area contributed by atoms with Gasteiger partial charge in [-0.3, -0.25) is 9.69 Å². The number of halogens is 3. The highest BCUT2D eigenvalue weighted by Crippen LogP contribution is 2.19. The van der Waals surface area contributed by atoms with E-state index in [9.17, 15) is 18.0 Å². The molecule has 0 bridgehead atoms. The lowest BCUT2D eigenvalue weighted by atomic mass is 10.0. The molecule has 1 N–H and O–H groups in total. The van der Waals surface area contributed by atoms with Gasteiger partial charge in [0, 0.05) is 6.54 Å². The second-order valence-electron chi connectivity index (χ2n) is 6.34. The number of carbonyl (C=O) groups excluding carboxylic acids is 1. The van der Waals surface area contributed by atoms with Gasteiger partial charge in [0.1, 0.15) is 0 Å². The molecule has 0 atom stereocenters. The van der Waals surface area contributed by atoms with Crippen molar-refractivity contribution in [2.45, 2.75) is 26.3 Å². The molecule has 1 amide bonds. The summed E-state index contributed by atoms with van der Waals surface area (Å²) in [4.78, 5) is 13.7. The summed E-state index contributed by atoms with van der Waals surface area (Å²) >= 11 is 0. The third kappa shape index (κ3) is 5.06. The number of amides is 1. The molecule has 0 aliphatic heterocycles. The van der Waals surface area contributed by atoms with E-state index in [0.717, 1.165) is 17.7 Å². The van der Waals surface area contributed by atoms with Crippen LogP contribution in [0.1, 0.15) is 30.9 Å². The minimum absolute atomic E-state index is 0.00956. The number of rotatable bonds is 6. The SMILES string of the molecule is CC(C)c1ccc(CN(C)CC(=O)Nc2ccc(F)c(F)c2F)cc1. The first-order valence-electron chi connectivity index (χ1n) is 7.98. The van der Waals surface area contributed by atoms with Crippen LogP contribution in [0.2, 0.25) is 0 Å². The molecule has 0 saturated heterocycles. The molecule has 0 heterocycles. The number of likely N-dealkylation sites (N-methyl/N-ethyl adjacent to an activating group) is 1. The maximum atomic E-state index is 13.6. The minimum atomic E-state index is -1.60. The third-order valence-corrected chi connectivity index (χ3v) is 3.82. The van der Waals surface area contributed by atoms with E-state index in [4.69, 9.17) is 0 Å². The van der Waals surface area contributed by atoms with E-state index in [0.29, 0.717) is 12.5 Å². The first-order chi connectivity index (χ1) is 11.8. The van der Waals surface area contributed by atoms with Gasteiger partial charge in [-0.15, -0.1) is 0 Å². The summed E-state index contributed by atoms with van der Waals surface area (Å²) in [6.07, 6.45) is 0. The Hall–Kier alpha value is -2.34. The normalized spacial score (nSPS) is 11.2. The molecular formula is C19H21F3N2O. The maximum absolute atomic E-state index is 13.6. The third-order valence-electron chi connectivity index (χ3n) is 3.82. The van der Waals surface area contributed by atoms with Crippen LogP contribution in [-0.2, 0) is 11.3 Å². The number of hydrogen-bond acceptors (Lipinski definition) is 2. The van der Waals surface area contributed by atoms with Crippen LogP contribution in [0.4, 0.5) is 18.9 Å². The van der Waals surface area contributed by atoms with Crippen molar-refractivity contribution < 1.29 is 18.0 Å². The van der Waals surface area contributed by atoms with Crippen molar-refractivity contribution in [3.63, 3.8) is 0 Å². The smallest absolute Gasteiger partial charge is 0.238 e. The van der Waals surface area contributed by atoms with Crippen LogP contribution >= 0.6 is 0 Å². The zero-order valence-electron chi connectivity index (χ0n) is 14.4. The first-order valence-corrected chi connectivity index (χ1v) is 7.98. The molecule has 0 aliphatic rings. The van der Waals surface area contributed by atoms with Gasteiger partial charge >= 0.3 is 0 Å². The quantitative estimate of drug-likeness (QED) is 0.788. The standard InChI is InChI=1S/C19H21F3N2O/c1-12(2)14-6-4-13(5-7-14)10-24(3)11-17(25)23-16-9-8-15(20)18(21)19(16)22/h4-9,12H,10-11H2,1-3H3,(H,23,25). The number of carbonyl (C=O) groups is 1. The Morgan fingerprint density at radius 1 is 1.04 bits per heavy atom. The van der Waals surface area contributed by atoms with Crippen molar-refractivity contribution in [1.82, 2.24) is 4.90 Å². The fourth-order valence-electron chi connectivity index (χ4n) is 2.43. The molecular weight excluding hydrogens is 329 g/mol. The number of benzene rings is 2. The molecule has 0 aromatic heterocycles. The Bertz CT molecular complexity index is 745. The molecule has 25 heavy (non-hydrogen) atoms. The molecule has 0 aliphatic carbocycles. The van der Waals surface area contributed by atoms with Crippen molar-refractivity contribution in [1.29, 1.82) is 0 Å². The molecule has 2 rings (SSSR count). The molecule has 2 aromatic carbocycles. The summed E-state index contributed by atoms with van der Waals surface area (Å²) < 4.78 is 39.6. The van der Waals surface area contributed by atoms with Gasteiger partial charge in [0.2, 0.25) is 5.91 Å². The van der Waals surface area contributed by atoms with Gasteiger partial charge in [-0.05, 0) is 36.2 Å². The highest BCUT2D eigenvalue weighted by atomic mass is 19.2. The van der Waals surface area contributed by atoms with Gasteiger partial charge in [-0.1, -0.05) is 38.1 Å². The molecule has 134 valence electrons. The number of anilines is 1. The topological polar surface area (TPSA) is 32.3 Å². The number of hydrogen-bond donors (Lipinski definition) is 1. The lowest BCUT2D eigenvalue weighted by molar-refractivity contribution is -0.117. The lowest BCUT2D eigenvalue weighted by Gasteiger charge is -2.17. The van der Waals surface area contributed by atoms with Crippen molar-refractivity contribution in [3.8, 4) is 0 Å². The van der Waals surface area contributed by atoms with E-state index in [2.05, 4.69) is 19.2 Å². The van der Waals surface area contributed by atoms with Crippen LogP contribution in [0.25, 0.3) is 0 Å². The van der Waals surface area contributed by atoms with E-state index in [-0.39, 0.29) is 12.2 Å². The van der Waals surface area contributed by atoms with Crippen LogP contribution in [0.3, 0.4) is 0 Å². The van der Waals surface area contributed by atoms with Crippen molar-refractivity contribution >= 4 is 11.6 Å². The van der Waals surface area contributed by atoms with Crippen LogP contribution in [-0.4, -0.2) is 24.4 Å². The van der Waals surface area contributed by atoms with Gasteiger partial charge < -0.3 is 5.32 Å². The van der Waals surface area contributed by atoms with E-state index in [1.54, 1.807) is 11.9 Å². The van der Waals surface area contributed by atoms with Crippen molar-refractivity contribution in [2.24, 2.45) is 0 Å². The summed E-state index contributed by atoms with van der Waals surface area (Å²) in [5.74, 6) is -4.36. The van der Waals surface area contributed by atoms with Gasteiger partial charge in [0.15, 0.2) is 17.5 Å². The fourth-order valence-corrected chi connectivity index (χ4v) is 2.43. The Labute approximate surface area is 145 Å². The van der Waals surface area contributed by atoms with Gasteiger partial charge in [-0.25, -0.2) is 13.2 Å². The second kappa shape index (κ2) is 8.16. The average Bonchev–Trinajstić information content (AvgIpc) is 2.55. The first kappa shape index (κ1) is 19.0. The van der Waals surface area contributed by atoms with Gasteiger partial charge in [0.05, 0.1) is 12.2 Å². The van der Waals surface area contributed by atoms with Crippen LogP contribution < -0.4 is 5.32 Å². The largest absolute Gasteiger partial charge is 0.322 e. The Morgan fingerprint density at radius 3 is 2.28 bits per heavy atom. The summed E-state index contributed by atoms with van der Waals surface area (Å²) in [7, 11) is 1.75. The highest BCUT2D eigenvalue weighted by molar-refractivity contribution is 5.92. The van der Waals surface area contributed by atoms with E-state index >= 15 is 0 Å². The van der Waals surface area contributed by atoms with Crippen LogP contribution in [0, 0.1) is 17.5 Å². The maximum Gasteiger partial charge on any atom is 0.238 e. The van der Waals surface area contributed by atoms with Crippen LogP contribution in [0.5, 0.6) is 0 Å². The molecule has 0 unspecified atom stereocenters. The summed E-state index contributed by atoms with van der Waals surface area (Å²) in [6.45, 7) is 4.75. The molecule has 6 heteroatoms. The second-order valence-corrected chi connectivity index (χ2v) is 6.34. The molecule has 2 aromatic rings. The number of nitrogens with zero attached hydrogens (tertiary/aromatic N) is 1. The van der Waals surface area contributed by atoms with E-state index < -0.39 is 23.4 Å². The monoisotopic (exact) mass is 350 g/mol. The summed E-state index contributed by atoms with van der Waals surface area (Å²) in [5.41, 5.74) is 1.90. The van der Waals surface area contributed by atoms with E-state index in [1.807, 2.05) is 24.3 Å². The Kier molecular flexibility index (Phi) is 6.20. The summed E-state index contributed by atoms with van der Waals surface area (Å²) in [5, 5.41) is 2.26. The van der Waals surface area contributed by atoms with Crippen molar-refractivity contribution in [3.05, 3.63) is 65.0 Å². The van der Waals surface area contributed by atoms with Crippen molar-refractivity contribution in [2.75, 3.05) is 18.9 Å². The lowest BCUT2D eigenvalue weighted by Crippen LogP contribution is -2.30. The Balaban J connectivity index is 1.93. The molecule has 0 spiro atoms. The molecule has 0 radical (unpaired) electrons. The molecule has 0 saturated carbocycles. The van der Waals surface area contributed by atoms with E-state index in [1.165, 1.54) is 5.56 Å². The van der Waals surface area contributed by atoms with Gasteiger partial charge in [0.25, 0.3) is 0 Å². The molecule has 3 nitrogen and oxygen atoms in total. The fraction of sp³-hybridized carbons (Fsp3) is 0.316.